The molecule has 1 fully saturated rings. The summed E-state index contributed by atoms with van der Waals surface area (Å²) >= 11 is 0. The number of rotatable bonds is 9. The van der Waals surface area contributed by atoms with Gasteiger partial charge >= 0.3 is 17.9 Å². The average Bonchev–Trinajstić information content (AvgIpc) is 3.13. The van der Waals surface area contributed by atoms with Crippen molar-refractivity contribution in [3.05, 3.63) is 33.9 Å². The van der Waals surface area contributed by atoms with E-state index in [4.69, 9.17) is 13.9 Å². The number of alkyl carbamates (subject to hydrolysis) is 1. The highest BCUT2D eigenvalue weighted by Crippen LogP contribution is 2.46. The van der Waals surface area contributed by atoms with Crippen molar-refractivity contribution < 1.29 is 33.5 Å². The number of aromatic hydroxyl groups is 1. The number of nitrogens with one attached hydrogen (secondary N) is 1. The molecule has 2 rings (SSSR count). The molecule has 1 aliphatic heterocycles. The summed E-state index contributed by atoms with van der Waals surface area (Å²) in [6.45, 7) is 18.7. The van der Waals surface area contributed by atoms with Gasteiger partial charge in [-0.2, -0.15) is 0 Å². The molecule has 0 aliphatic carbocycles. The summed E-state index contributed by atoms with van der Waals surface area (Å²) in [6, 6.07) is 3.77. The first-order chi connectivity index (χ1) is 17.8. The number of amides is 2. The minimum absolute atomic E-state index is 0.0443. The topological polar surface area (TPSA) is 140 Å². The molecule has 0 saturated carbocycles. The van der Waals surface area contributed by atoms with Gasteiger partial charge < -0.3 is 24.3 Å². The van der Waals surface area contributed by atoms with Gasteiger partial charge in [0.05, 0.1) is 4.92 Å². The number of nitro benzene ring substituents is 1. The molecule has 0 aromatic heterocycles. The maximum atomic E-state index is 13.4. The summed E-state index contributed by atoms with van der Waals surface area (Å²) in [5.41, 5.74) is -1.54. The highest BCUT2D eigenvalue weighted by Gasteiger charge is 2.53. The maximum absolute atomic E-state index is 13.4. The fourth-order valence-corrected chi connectivity index (χ4v) is 5.72. The van der Waals surface area contributed by atoms with Crippen LogP contribution in [0.4, 0.5) is 15.3 Å². The number of carbonyl (C=O) groups is 2. The molecule has 0 spiro atoms. The van der Waals surface area contributed by atoms with Crippen LogP contribution < -0.4 is 5.32 Å². The van der Waals surface area contributed by atoms with Crippen molar-refractivity contribution in [2.45, 2.75) is 92.3 Å². The fourth-order valence-electron chi connectivity index (χ4n) is 4.68. The minimum Gasteiger partial charge on any atom is -0.502 e. The van der Waals surface area contributed by atoms with E-state index >= 15 is 0 Å². The van der Waals surface area contributed by atoms with Crippen LogP contribution >= 0.6 is 0 Å². The molecule has 1 aromatic rings. The predicted molar refractivity (Wildman–Crippen MR) is 149 cm³/mol. The van der Waals surface area contributed by atoms with Crippen molar-refractivity contribution in [2.24, 2.45) is 17.3 Å². The van der Waals surface area contributed by atoms with Gasteiger partial charge in [0, 0.05) is 19.2 Å². The summed E-state index contributed by atoms with van der Waals surface area (Å²) in [7, 11) is -1.20. The van der Waals surface area contributed by atoms with Crippen molar-refractivity contribution in [1.29, 1.82) is 0 Å². The third kappa shape index (κ3) is 9.38. The highest BCUT2D eigenvalue weighted by atomic mass is 28.3. The Labute approximate surface area is 233 Å². The van der Waals surface area contributed by atoms with Crippen molar-refractivity contribution in [3.8, 4) is 5.75 Å². The van der Waals surface area contributed by atoms with Crippen molar-refractivity contribution in [1.82, 2.24) is 10.2 Å². The molecule has 1 unspecified atom stereocenters. The Kier molecular flexibility index (Phi) is 10.4. The van der Waals surface area contributed by atoms with Crippen molar-refractivity contribution >= 4 is 26.9 Å². The van der Waals surface area contributed by atoms with Crippen molar-refractivity contribution in [2.75, 3.05) is 13.1 Å². The lowest BCUT2D eigenvalue weighted by Gasteiger charge is -2.42. The van der Waals surface area contributed by atoms with E-state index in [-0.39, 0.29) is 30.4 Å². The van der Waals surface area contributed by atoms with Crippen LogP contribution in [0.5, 0.6) is 5.75 Å². The summed E-state index contributed by atoms with van der Waals surface area (Å²) in [4.78, 5) is 37.7. The number of hydrogen-bond donors (Lipinski definition) is 2. The van der Waals surface area contributed by atoms with Crippen LogP contribution in [-0.2, 0) is 20.5 Å². The monoisotopic (exact) mass is 566 g/mol. The lowest BCUT2D eigenvalue weighted by molar-refractivity contribution is -0.385. The van der Waals surface area contributed by atoms with Crippen LogP contribution in [0.3, 0.4) is 0 Å². The molecular formula is C27H44N3O8Si. The fraction of sp³-hybridized carbons (Fsp3) is 0.704. The normalized spacial score (nSPS) is 20.6. The van der Waals surface area contributed by atoms with E-state index in [2.05, 4.69) is 26.1 Å². The molecule has 1 heterocycles. The number of likely N-dealkylation sites (tertiary alicyclic amines) is 1. The predicted octanol–water partition coefficient (Wildman–Crippen LogP) is 5.82. The Balaban J connectivity index is 2.10. The largest absolute Gasteiger partial charge is 0.502 e. The molecule has 2 N–H and O–H groups in total. The zero-order valence-electron chi connectivity index (χ0n) is 24.6. The quantitative estimate of drug-likeness (QED) is 0.216. The van der Waals surface area contributed by atoms with Crippen LogP contribution in [-0.4, -0.2) is 60.6 Å². The van der Waals surface area contributed by atoms with Gasteiger partial charge in [0.15, 0.2) is 5.75 Å². The van der Waals surface area contributed by atoms with Crippen LogP contribution in [0.1, 0.15) is 66.9 Å². The van der Waals surface area contributed by atoms with Gasteiger partial charge in [-0.05, 0) is 81.7 Å². The molecule has 2 amide bonds. The number of carbonyl (C=O) groups excluding carboxylic acids is 2. The first kappa shape index (κ1) is 32.3. The van der Waals surface area contributed by atoms with Crippen molar-refractivity contribution in [3.63, 3.8) is 0 Å². The van der Waals surface area contributed by atoms with E-state index in [1.54, 1.807) is 4.90 Å². The Morgan fingerprint density at radius 3 is 2.41 bits per heavy atom. The van der Waals surface area contributed by atoms with Crippen LogP contribution in [0.2, 0.25) is 13.1 Å². The van der Waals surface area contributed by atoms with Gasteiger partial charge in [-0.15, -0.1) is 0 Å². The maximum Gasteiger partial charge on any atom is 0.412 e. The lowest BCUT2D eigenvalue weighted by Crippen LogP contribution is -2.54. The molecule has 219 valence electrons. The standard InChI is InChI=1S/C27H44N3O8Si/c1-18(15-28-23(32)36-17-19-10-11-21(30(34)35)22(31)12-19)13-27(38-39(8)9)14-20(25(2,3)4)16-29(27)24(33)37-26(5,6)7/h10-12,18,20,31H,13-17H2,1-9H3,(H,28,32)/t18?,20-,27-/m0/s1. The molecule has 1 saturated heterocycles. The molecule has 39 heavy (non-hydrogen) atoms. The second kappa shape index (κ2) is 12.5. The van der Waals surface area contributed by atoms with E-state index in [1.165, 1.54) is 12.1 Å². The van der Waals surface area contributed by atoms with E-state index < -0.39 is 48.9 Å². The molecule has 3 atom stereocenters. The third-order valence-corrected chi connectivity index (χ3v) is 7.35. The van der Waals surface area contributed by atoms with Crippen LogP contribution in [0, 0.1) is 27.4 Å². The summed E-state index contributed by atoms with van der Waals surface area (Å²) in [6.07, 6.45) is 0.117. The summed E-state index contributed by atoms with van der Waals surface area (Å²) in [5, 5.41) is 23.4. The number of benzene rings is 1. The smallest absolute Gasteiger partial charge is 0.412 e. The average molecular weight is 567 g/mol. The van der Waals surface area contributed by atoms with Crippen LogP contribution in [0.15, 0.2) is 18.2 Å². The number of hydrogen-bond acceptors (Lipinski definition) is 8. The lowest BCUT2D eigenvalue weighted by atomic mass is 9.78. The SMILES string of the molecule is CC(CNC(=O)OCc1ccc([N+](=O)[O-])c(O)c1)C[C@]1(O[Si](C)C)C[C@H](C(C)(C)C)CN1C(=O)OC(C)(C)C. The Bertz CT molecular complexity index is 1040. The summed E-state index contributed by atoms with van der Waals surface area (Å²) in [5.74, 6) is -0.353. The first-order valence-corrected chi connectivity index (χ1v) is 15.6. The molecule has 1 radical (unpaired) electrons. The number of ether oxygens (including phenoxy) is 2. The molecular weight excluding hydrogens is 522 g/mol. The number of nitro groups is 1. The van der Waals surface area contributed by atoms with E-state index in [0.29, 0.717) is 24.9 Å². The van der Waals surface area contributed by atoms with Gasteiger partial charge in [-0.3, -0.25) is 15.0 Å². The molecule has 1 aromatic carbocycles. The Morgan fingerprint density at radius 2 is 1.90 bits per heavy atom. The molecule has 11 nitrogen and oxygen atoms in total. The second-order valence-corrected chi connectivity index (χ2v) is 14.7. The summed E-state index contributed by atoms with van der Waals surface area (Å²) < 4.78 is 17.6. The van der Waals surface area contributed by atoms with Gasteiger partial charge in [0.2, 0.25) is 9.04 Å². The van der Waals surface area contributed by atoms with Gasteiger partial charge in [0.1, 0.15) is 17.9 Å². The molecule has 12 heteroatoms. The minimum atomic E-state index is -1.20. The number of phenolic OH excluding ortho intramolecular Hbond substituents is 1. The highest BCUT2D eigenvalue weighted by molar-refractivity contribution is 6.48. The number of nitrogens with zero attached hydrogens (tertiary/aromatic N) is 2. The van der Waals surface area contributed by atoms with Gasteiger partial charge in [-0.1, -0.05) is 27.7 Å². The van der Waals surface area contributed by atoms with Gasteiger partial charge in [-0.25, -0.2) is 9.59 Å². The van der Waals surface area contributed by atoms with E-state index in [1.807, 2.05) is 40.8 Å². The van der Waals surface area contributed by atoms with E-state index in [9.17, 15) is 24.8 Å². The zero-order chi connectivity index (χ0) is 29.8. The molecule has 1 aliphatic rings. The van der Waals surface area contributed by atoms with Gasteiger partial charge in [0.25, 0.3) is 0 Å². The zero-order valence-corrected chi connectivity index (χ0v) is 25.6. The molecule has 0 bridgehead atoms. The van der Waals surface area contributed by atoms with Crippen LogP contribution in [0.25, 0.3) is 0 Å². The third-order valence-electron chi connectivity index (χ3n) is 6.56. The Morgan fingerprint density at radius 1 is 1.26 bits per heavy atom. The van der Waals surface area contributed by atoms with E-state index in [0.717, 1.165) is 6.07 Å². The number of phenols is 1. The second-order valence-electron chi connectivity index (χ2n) is 12.7. The Hall–Kier alpha value is -2.86. The first-order valence-electron chi connectivity index (χ1n) is 13.2.